The molecule has 3 heteroatoms. The Bertz CT molecular complexity index is 857. The summed E-state index contributed by atoms with van der Waals surface area (Å²) in [7, 11) is 0. The van der Waals surface area contributed by atoms with E-state index in [1.165, 1.54) is 21.2 Å². The molecule has 3 aromatic carbocycles. The van der Waals surface area contributed by atoms with Crippen LogP contribution in [0.2, 0.25) is 0 Å². The zero-order valence-corrected chi connectivity index (χ0v) is 13.6. The van der Waals surface area contributed by atoms with Crippen molar-refractivity contribution in [3.8, 4) is 0 Å². The van der Waals surface area contributed by atoms with Crippen LogP contribution in [0.15, 0.2) is 71.6 Å². The third-order valence-corrected chi connectivity index (χ3v) is 5.55. The lowest BCUT2D eigenvalue weighted by atomic mass is 10.0. The number of thioether (sulfide) groups is 1. The van der Waals surface area contributed by atoms with E-state index in [2.05, 4.69) is 66.0 Å². The second-order valence-corrected chi connectivity index (χ2v) is 7.20. The topological polar surface area (TPSA) is 12.0 Å². The molecule has 1 heterocycles. The van der Waals surface area contributed by atoms with Crippen molar-refractivity contribution in [3.63, 3.8) is 0 Å². The number of thiocarbonyl (C=S) groups is 1. The van der Waals surface area contributed by atoms with Gasteiger partial charge < -0.3 is 5.32 Å². The molecule has 1 N–H and O–H groups in total. The molecule has 0 saturated carbocycles. The lowest BCUT2D eigenvalue weighted by Crippen LogP contribution is -2.09. The number of para-hydroxylation sites is 1. The van der Waals surface area contributed by atoms with Crippen molar-refractivity contribution < 1.29 is 0 Å². The van der Waals surface area contributed by atoms with Gasteiger partial charge >= 0.3 is 0 Å². The van der Waals surface area contributed by atoms with E-state index in [0.29, 0.717) is 5.25 Å². The molecule has 0 bridgehead atoms. The van der Waals surface area contributed by atoms with E-state index in [1.807, 2.05) is 17.8 Å². The molecule has 0 radical (unpaired) electrons. The molecule has 0 aliphatic carbocycles. The van der Waals surface area contributed by atoms with Crippen LogP contribution in [0.1, 0.15) is 17.2 Å². The molecule has 1 nitrogen and oxygen atoms in total. The summed E-state index contributed by atoms with van der Waals surface area (Å²) in [5, 5.41) is 6.30. The smallest absolute Gasteiger partial charge is 0.0812 e. The van der Waals surface area contributed by atoms with Crippen LogP contribution in [0.3, 0.4) is 0 Å². The summed E-state index contributed by atoms with van der Waals surface area (Å²) in [6.45, 7) is 0. The Morgan fingerprint density at radius 2 is 1.68 bits per heavy atom. The number of fused-ring (bicyclic) bond motifs is 2. The summed E-state index contributed by atoms with van der Waals surface area (Å²) in [4.78, 5) is 2.18. The number of hydrogen-bond acceptors (Lipinski definition) is 2. The molecule has 1 aliphatic rings. The third kappa shape index (κ3) is 2.62. The van der Waals surface area contributed by atoms with Gasteiger partial charge in [-0.05, 0) is 28.5 Å². The lowest BCUT2D eigenvalue weighted by Gasteiger charge is -2.15. The Hall–Kier alpha value is -1.84. The average molecular weight is 321 g/mol. The van der Waals surface area contributed by atoms with Gasteiger partial charge in [-0.15, -0.1) is 11.8 Å². The molecule has 3 aromatic rings. The SMILES string of the molecule is S=C1CC(c2ccc3ccccc3c2)Sc2ccccc2N1. The normalized spacial score (nSPS) is 17.6. The summed E-state index contributed by atoms with van der Waals surface area (Å²) in [5.74, 6) is 0. The van der Waals surface area contributed by atoms with Gasteiger partial charge in [0.1, 0.15) is 0 Å². The maximum Gasteiger partial charge on any atom is 0.0812 e. The zero-order valence-electron chi connectivity index (χ0n) is 12.0. The molecule has 0 aromatic heterocycles. The van der Waals surface area contributed by atoms with Gasteiger partial charge in [0.25, 0.3) is 0 Å². The lowest BCUT2D eigenvalue weighted by molar-refractivity contribution is 1.02. The number of anilines is 1. The van der Waals surface area contributed by atoms with Crippen LogP contribution in [0.25, 0.3) is 10.8 Å². The fourth-order valence-corrected chi connectivity index (χ4v) is 4.46. The fourth-order valence-electron chi connectivity index (χ4n) is 2.83. The monoisotopic (exact) mass is 321 g/mol. The molecule has 1 unspecified atom stereocenters. The second kappa shape index (κ2) is 5.75. The first-order valence-electron chi connectivity index (χ1n) is 7.34. The standard InChI is InChI=1S/C19H15NS2/c21-19-12-18(22-17-8-4-3-7-16(17)20-19)15-10-9-13-5-1-2-6-14(13)11-15/h1-11,18H,12H2,(H,20,21). The van der Waals surface area contributed by atoms with Gasteiger partial charge in [0, 0.05) is 16.6 Å². The number of rotatable bonds is 1. The number of benzene rings is 3. The highest BCUT2D eigenvalue weighted by atomic mass is 32.2. The number of nitrogens with one attached hydrogen (secondary N) is 1. The van der Waals surface area contributed by atoms with Crippen molar-refractivity contribution >= 4 is 45.4 Å². The summed E-state index contributed by atoms with van der Waals surface area (Å²) < 4.78 is 0. The average Bonchev–Trinajstić information content (AvgIpc) is 2.72. The van der Waals surface area contributed by atoms with E-state index < -0.39 is 0 Å². The van der Waals surface area contributed by atoms with Crippen molar-refractivity contribution in [3.05, 3.63) is 72.3 Å². The van der Waals surface area contributed by atoms with Gasteiger partial charge in [-0.3, -0.25) is 0 Å². The molecule has 0 spiro atoms. The van der Waals surface area contributed by atoms with Crippen LogP contribution in [-0.2, 0) is 0 Å². The maximum absolute atomic E-state index is 5.52. The van der Waals surface area contributed by atoms with Crippen molar-refractivity contribution in [2.45, 2.75) is 16.6 Å². The van der Waals surface area contributed by atoms with Crippen LogP contribution in [-0.4, -0.2) is 4.99 Å². The van der Waals surface area contributed by atoms with Crippen molar-refractivity contribution in [1.82, 2.24) is 0 Å². The minimum Gasteiger partial charge on any atom is -0.349 e. The summed E-state index contributed by atoms with van der Waals surface area (Å²) >= 11 is 7.41. The van der Waals surface area contributed by atoms with Gasteiger partial charge in [0.15, 0.2) is 0 Å². The van der Waals surface area contributed by atoms with Crippen molar-refractivity contribution in [2.75, 3.05) is 5.32 Å². The van der Waals surface area contributed by atoms with E-state index in [0.717, 1.165) is 17.1 Å². The van der Waals surface area contributed by atoms with Crippen LogP contribution in [0.5, 0.6) is 0 Å². The molecule has 1 aliphatic heterocycles. The predicted octanol–water partition coefficient (Wildman–Crippen LogP) is 5.82. The largest absolute Gasteiger partial charge is 0.349 e. The highest BCUT2D eigenvalue weighted by Gasteiger charge is 2.21. The first-order valence-corrected chi connectivity index (χ1v) is 8.63. The number of hydrogen-bond donors (Lipinski definition) is 1. The van der Waals surface area contributed by atoms with Crippen LogP contribution in [0.4, 0.5) is 5.69 Å². The summed E-state index contributed by atoms with van der Waals surface area (Å²) in [5.41, 5.74) is 2.46. The zero-order chi connectivity index (χ0) is 14.9. The molecule has 4 rings (SSSR count). The van der Waals surface area contributed by atoms with Gasteiger partial charge in [0.2, 0.25) is 0 Å². The van der Waals surface area contributed by atoms with Gasteiger partial charge in [0.05, 0.1) is 10.7 Å². The van der Waals surface area contributed by atoms with Crippen LogP contribution >= 0.6 is 24.0 Å². The van der Waals surface area contributed by atoms with Gasteiger partial charge in [-0.25, -0.2) is 0 Å². The van der Waals surface area contributed by atoms with E-state index in [1.54, 1.807) is 0 Å². The minimum absolute atomic E-state index is 0.355. The first-order chi connectivity index (χ1) is 10.8. The molecular weight excluding hydrogens is 306 g/mol. The minimum atomic E-state index is 0.355. The highest BCUT2D eigenvalue weighted by molar-refractivity contribution is 7.99. The molecule has 0 amide bonds. The third-order valence-electron chi connectivity index (χ3n) is 3.95. The van der Waals surface area contributed by atoms with Crippen LogP contribution in [0, 0.1) is 0 Å². The van der Waals surface area contributed by atoms with E-state index >= 15 is 0 Å². The maximum atomic E-state index is 5.52. The summed E-state index contributed by atoms with van der Waals surface area (Å²) in [6, 6.07) is 23.6. The van der Waals surface area contributed by atoms with E-state index in [9.17, 15) is 0 Å². The molecule has 0 saturated heterocycles. The first kappa shape index (κ1) is 13.8. The van der Waals surface area contributed by atoms with E-state index in [-0.39, 0.29) is 0 Å². The highest BCUT2D eigenvalue weighted by Crippen LogP contribution is 2.44. The Morgan fingerprint density at radius 3 is 2.59 bits per heavy atom. The van der Waals surface area contributed by atoms with Gasteiger partial charge in [-0.2, -0.15) is 0 Å². The molecule has 1 atom stereocenters. The molecule has 108 valence electrons. The molecule has 22 heavy (non-hydrogen) atoms. The van der Waals surface area contributed by atoms with Gasteiger partial charge in [-0.1, -0.05) is 66.8 Å². The predicted molar refractivity (Wildman–Crippen MR) is 99.8 cm³/mol. The molecule has 0 fully saturated rings. The Kier molecular flexibility index (Phi) is 3.60. The van der Waals surface area contributed by atoms with Crippen LogP contribution < -0.4 is 5.32 Å². The Labute approximate surface area is 139 Å². The van der Waals surface area contributed by atoms with Crippen molar-refractivity contribution in [1.29, 1.82) is 0 Å². The quantitative estimate of drug-likeness (QED) is 0.567. The fraction of sp³-hybridized carbons (Fsp3) is 0.105. The second-order valence-electron chi connectivity index (χ2n) is 5.46. The van der Waals surface area contributed by atoms with E-state index in [4.69, 9.17) is 12.2 Å². The molecular formula is C19H15NS2. The Morgan fingerprint density at radius 1 is 0.909 bits per heavy atom. The van der Waals surface area contributed by atoms with Crippen molar-refractivity contribution in [2.24, 2.45) is 0 Å². The Balaban J connectivity index is 1.75. The summed E-state index contributed by atoms with van der Waals surface area (Å²) in [6.07, 6.45) is 0.868.